The van der Waals surface area contributed by atoms with Crippen LogP contribution < -0.4 is 5.32 Å². The second-order valence-corrected chi connectivity index (χ2v) is 3.72. The van der Waals surface area contributed by atoms with E-state index in [9.17, 15) is 22.8 Å². The summed E-state index contributed by atoms with van der Waals surface area (Å²) in [6.45, 7) is -1.80. The lowest BCUT2D eigenvalue weighted by molar-refractivity contribution is -0.138. The normalized spacial score (nSPS) is 11.2. The van der Waals surface area contributed by atoms with Crippen LogP contribution in [0.1, 0.15) is 0 Å². The maximum Gasteiger partial charge on any atom is 0.406 e. The van der Waals surface area contributed by atoms with Gasteiger partial charge in [-0.15, -0.1) is 0 Å². The molecule has 10 heteroatoms. The zero-order valence-corrected chi connectivity index (χ0v) is 9.81. The number of carboxylic acid groups (broad SMARTS) is 1. The molecule has 1 aromatic heterocycles. The van der Waals surface area contributed by atoms with E-state index in [1.54, 1.807) is 0 Å². The molecule has 0 aliphatic carbocycles. The topological polar surface area (TPSA) is 87.5 Å². The molecule has 19 heavy (non-hydrogen) atoms. The minimum atomic E-state index is -4.49. The van der Waals surface area contributed by atoms with Gasteiger partial charge in [0.1, 0.15) is 13.1 Å². The summed E-state index contributed by atoms with van der Waals surface area (Å²) in [6.07, 6.45) is -2.14. The maximum atomic E-state index is 12.0. The Balaban J connectivity index is 2.57. The predicted octanol–water partition coefficient (Wildman–Crippen LogP) is 0.994. The molecule has 1 heterocycles. The quantitative estimate of drug-likeness (QED) is 0.861. The lowest BCUT2D eigenvalue weighted by Gasteiger charge is -2.18. The van der Waals surface area contributed by atoms with Crippen LogP contribution in [0.3, 0.4) is 0 Å². The first-order chi connectivity index (χ1) is 8.67. The van der Waals surface area contributed by atoms with E-state index < -0.39 is 31.3 Å². The molecule has 0 unspecified atom stereocenters. The molecule has 0 saturated heterocycles. The average Bonchev–Trinajstić information content (AvgIpc) is 2.61. The number of urea groups is 1. The highest BCUT2D eigenvalue weighted by Crippen LogP contribution is 2.16. The Morgan fingerprint density at radius 1 is 1.53 bits per heavy atom. The molecule has 2 amide bonds. The highest BCUT2D eigenvalue weighted by atomic mass is 19.4. The van der Waals surface area contributed by atoms with Crippen LogP contribution in [0.5, 0.6) is 0 Å². The summed E-state index contributed by atoms with van der Waals surface area (Å²) in [5.41, 5.74) is 0.111. The fraction of sp³-hybridized carbons (Fsp3) is 0.444. The second kappa shape index (κ2) is 5.59. The highest BCUT2D eigenvalue weighted by molar-refractivity contribution is 5.88. The van der Waals surface area contributed by atoms with Crippen molar-refractivity contribution >= 4 is 17.7 Å². The third-order valence-corrected chi connectivity index (χ3v) is 1.94. The van der Waals surface area contributed by atoms with Gasteiger partial charge in [0.15, 0.2) is 0 Å². The number of aliphatic carboxylic acids is 1. The summed E-state index contributed by atoms with van der Waals surface area (Å²) < 4.78 is 37.2. The molecular formula is C9H11F3N4O3. The van der Waals surface area contributed by atoms with Crippen LogP contribution in [0.15, 0.2) is 12.4 Å². The van der Waals surface area contributed by atoms with Crippen LogP contribution in [0.2, 0.25) is 0 Å². The van der Waals surface area contributed by atoms with Gasteiger partial charge < -0.3 is 15.3 Å². The Morgan fingerprint density at radius 2 is 2.16 bits per heavy atom. The van der Waals surface area contributed by atoms with Gasteiger partial charge in [-0.1, -0.05) is 0 Å². The Hall–Kier alpha value is -2.26. The molecule has 7 nitrogen and oxygen atoms in total. The molecule has 0 fully saturated rings. The molecule has 0 aliphatic heterocycles. The molecule has 0 spiro atoms. The number of carbonyl (C=O) groups excluding carboxylic acids is 1. The lowest BCUT2D eigenvalue weighted by atomic mass is 10.5. The largest absolute Gasteiger partial charge is 0.480 e. The number of alkyl halides is 3. The monoisotopic (exact) mass is 280 g/mol. The standard InChI is InChI=1S/C9H11F3N4O3/c1-15(5-9(10,11)12)8(19)14-6-2-13-16(3-6)4-7(17)18/h2-3H,4-5H2,1H3,(H,14,19)(H,17,18). The minimum Gasteiger partial charge on any atom is -0.480 e. The average molecular weight is 280 g/mol. The first kappa shape index (κ1) is 14.8. The Morgan fingerprint density at radius 3 is 2.68 bits per heavy atom. The van der Waals surface area contributed by atoms with E-state index in [-0.39, 0.29) is 5.69 Å². The summed E-state index contributed by atoms with van der Waals surface area (Å²) in [5, 5.41) is 14.3. The molecule has 0 bridgehead atoms. The van der Waals surface area contributed by atoms with Gasteiger partial charge >= 0.3 is 18.2 Å². The van der Waals surface area contributed by atoms with E-state index >= 15 is 0 Å². The summed E-state index contributed by atoms with van der Waals surface area (Å²) >= 11 is 0. The number of carbonyl (C=O) groups is 2. The van der Waals surface area contributed by atoms with Crippen LogP contribution in [0.25, 0.3) is 0 Å². The zero-order valence-electron chi connectivity index (χ0n) is 9.81. The Kier molecular flexibility index (Phi) is 4.35. The van der Waals surface area contributed by atoms with Crippen molar-refractivity contribution < 1.29 is 27.9 Å². The first-order valence-corrected chi connectivity index (χ1v) is 5.00. The molecule has 0 aliphatic rings. The van der Waals surface area contributed by atoms with Gasteiger partial charge in [0.2, 0.25) is 0 Å². The van der Waals surface area contributed by atoms with E-state index in [4.69, 9.17) is 5.11 Å². The number of hydrogen-bond donors (Lipinski definition) is 2. The van der Waals surface area contributed by atoms with E-state index in [0.717, 1.165) is 17.9 Å². The van der Waals surface area contributed by atoms with Crippen LogP contribution in [-0.2, 0) is 11.3 Å². The molecule has 0 radical (unpaired) electrons. The van der Waals surface area contributed by atoms with Crippen molar-refractivity contribution in [1.82, 2.24) is 14.7 Å². The third-order valence-electron chi connectivity index (χ3n) is 1.94. The van der Waals surface area contributed by atoms with E-state index in [2.05, 4.69) is 10.4 Å². The van der Waals surface area contributed by atoms with Crippen molar-refractivity contribution in [2.24, 2.45) is 0 Å². The van der Waals surface area contributed by atoms with Gasteiger partial charge in [-0.25, -0.2) is 4.79 Å². The van der Waals surface area contributed by atoms with Crippen molar-refractivity contribution in [3.8, 4) is 0 Å². The number of amides is 2. The molecule has 0 aromatic carbocycles. The van der Waals surface area contributed by atoms with Crippen molar-refractivity contribution in [1.29, 1.82) is 0 Å². The van der Waals surface area contributed by atoms with Crippen molar-refractivity contribution in [2.45, 2.75) is 12.7 Å². The third kappa shape index (κ3) is 5.27. The van der Waals surface area contributed by atoms with Crippen LogP contribution >= 0.6 is 0 Å². The summed E-state index contributed by atoms with van der Waals surface area (Å²) in [6, 6.07) is -0.966. The van der Waals surface area contributed by atoms with Crippen LogP contribution in [-0.4, -0.2) is 51.6 Å². The molecule has 2 N–H and O–H groups in total. The number of halogens is 3. The molecule has 0 saturated carbocycles. The fourth-order valence-electron chi connectivity index (χ4n) is 1.21. The molecule has 0 atom stereocenters. The lowest BCUT2D eigenvalue weighted by Crippen LogP contribution is -2.38. The van der Waals surface area contributed by atoms with Gasteiger partial charge in [-0.3, -0.25) is 9.48 Å². The number of rotatable bonds is 4. The zero-order chi connectivity index (χ0) is 14.6. The SMILES string of the molecule is CN(CC(F)(F)F)C(=O)Nc1cnn(CC(=O)O)c1. The number of hydrogen-bond acceptors (Lipinski definition) is 3. The first-order valence-electron chi connectivity index (χ1n) is 5.00. The van der Waals surface area contributed by atoms with E-state index in [0.29, 0.717) is 4.90 Å². The van der Waals surface area contributed by atoms with Crippen LogP contribution in [0, 0.1) is 0 Å². The van der Waals surface area contributed by atoms with Crippen molar-refractivity contribution in [3.05, 3.63) is 12.4 Å². The van der Waals surface area contributed by atoms with E-state index in [1.807, 2.05) is 0 Å². The Bertz CT molecular complexity index is 472. The molecule has 1 aromatic rings. The fourth-order valence-corrected chi connectivity index (χ4v) is 1.21. The van der Waals surface area contributed by atoms with Crippen LogP contribution in [0.4, 0.5) is 23.7 Å². The number of nitrogens with one attached hydrogen (secondary N) is 1. The highest BCUT2D eigenvalue weighted by Gasteiger charge is 2.31. The smallest absolute Gasteiger partial charge is 0.406 e. The van der Waals surface area contributed by atoms with Gasteiger partial charge in [0.05, 0.1) is 11.9 Å². The van der Waals surface area contributed by atoms with Gasteiger partial charge in [0, 0.05) is 13.2 Å². The number of aromatic nitrogens is 2. The molecule has 1 rings (SSSR count). The maximum absolute atomic E-state index is 12.0. The minimum absolute atomic E-state index is 0.111. The summed E-state index contributed by atoms with van der Waals surface area (Å²) in [5.74, 6) is -1.13. The van der Waals surface area contributed by atoms with Gasteiger partial charge in [-0.05, 0) is 0 Å². The summed E-state index contributed by atoms with van der Waals surface area (Å²) in [7, 11) is 0.991. The van der Waals surface area contributed by atoms with Crippen molar-refractivity contribution in [2.75, 3.05) is 18.9 Å². The molecular weight excluding hydrogens is 269 g/mol. The summed E-state index contributed by atoms with van der Waals surface area (Å²) in [4.78, 5) is 22.2. The number of carboxylic acids is 1. The Labute approximate surface area is 105 Å². The molecule has 106 valence electrons. The van der Waals surface area contributed by atoms with E-state index in [1.165, 1.54) is 6.20 Å². The van der Waals surface area contributed by atoms with Gasteiger partial charge in [0.25, 0.3) is 0 Å². The number of anilines is 1. The predicted molar refractivity (Wildman–Crippen MR) is 57.6 cm³/mol. The second-order valence-electron chi connectivity index (χ2n) is 3.72. The number of nitrogens with zero attached hydrogens (tertiary/aromatic N) is 3. The van der Waals surface area contributed by atoms with Crippen molar-refractivity contribution in [3.63, 3.8) is 0 Å². The van der Waals surface area contributed by atoms with Gasteiger partial charge in [-0.2, -0.15) is 18.3 Å².